The zero-order valence-electron chi connectivity index (χ0n) is 29.6. The van der Waals surface area contributed by atoms with Crippen molar-refractivity contribution in [2.75, 3.05) is 55.9 Å². The molecule has 4 aromatic rings. The molecule has 4 aromatic carbocycles. The fourth-order valence-corrected chi connectivity index (χ4v) is 5.96. The Balaban J connectivity index is 1.53. The van der Waals surface area contributed by atoms with Crippen LogP contribution in [0.25, 0.3) is 0 Å². The second-order valence-electron chi connectivity index (χ2n) is 11.6. The molecule has 0 aliphatic heterocycles. The first-order valence-corrected chi connectivity index (χ1v) is 16.4. The van der Waals surface area contributed by atoms with Crippen molar-refractivity contribution < 1.29 is 47.5 Å². The molecule has 0 saturated carbocycles. The molecular weight excluding hydrogens is 640 g/mol. The number of carbonyl (C=O) groups is 2. The normalized spacial score (nSPS) is 11.9. The van der Waals surface area contributed by atoms with Crippen LogP contribution in [-0.2, 0) is 22.3 Å². The summed E-state index contributed by atoms with van der Waals surface area (Å²) < 4.78 is 44.2. The molecule has 0 aliphatic rings. The maximum atomic E-state index is 13.5. The summed E-state index contributed by atoms with van der Waals surface area (Å²) in [5, 5.41) is 0. The average molecular weight is 687 g/mol. The van der Waals surface area contributed by atoms with Gasteiger partial charge in [0.25, 0.3) is 0 Å². The summed E-state index contributed by atoms with van der Waals surface area (Å²) >= 11 is 0. The fourth-order valence-electron chi connectivity index (χ4n) is 5.96. The van der Waals surface area contributed by atoms with Crippen LogP contribution in [0.2, 0.25) is 0 Å². The summed E-state index contributed by atoms with van der Waals surface area (Å²) in [4.78, 5) is 26.5. The van der Waals surface area contributed by atoms with Gasteiger partial charge in [0.05, 0.1) is 67.0 Å². The molecule has 10 nitrogen and oxygen atoms in total. The molecule has 0 amide bonds. The Bertz CT molecular complexity index is 1620. The summed E-state index contributed by atoms with van der Waals surface area (Å²) in [7, 11) is 8.99. The van der Waals surface area contributed by atoms with Gasteiger partial charge in [0.2, 0.25) is 11.5 Å². The quantitative estimate of drug-likeness (QED) is 0.0740. The highest BCUT2D eigenvalue weighted by Gasteiger charge is 2.26. The lowest BCUT2D eigenvalue weighted by Crippen LogP contribution is -2.26. The van der Waals surface area contributed by atoms with Crippen molar-refractivity contribution in [3.63, 3.8) is 0 Å². The van der Waals surface area contributed by atoms with Gasteiger partial charge in [-0.3, -0.25) is 0 Å². The molecule has 0 saturated heterocycles. The Morgan fingerprint density at radius 2 is 0.920 bits per heavy atom. The summed E-state index contributed by atoms with van der Waals surface area (Å²) in [6.07, 6.45) is 2.75. The molecule has 266 valence electrons. The number of ether oxygens (including phenoxy) is 8. The molecular formula is C40H46O10. The van der Waals surface area contributed by atoms with Crippen molar-refractivity contribution in [2.45, 2.75) is 25.7 Å². The highest BCUT2D eigenvalue weighted by Crippen LogP contribution is 2.39. The smallest absolute Gasteiger partial charge is 0.338 e. The lowest BCUT2D eigenvalue weighted by Gasteiger charge is -2.28. The van der Waals surface area contributed by atoms with E-state index in [9.17, 15) is 9.59 Å². The van der Waals surface area contributed by atoms with Crippen molar-refractivity contribution in [3.8, 4) is 34.5 Å². The largest absolute Gasteiger partial charge is 0.493 e. The van der Waals surface area contributed by atoms with E-state index in [1.807, 2.05) is 36.4 Å². The van der Waals surface area contributed by atoms with Crippen molar-refractivity contribution in [1.29, 1.82) is 0 Å². The Hall–Kier alpha value is -5.38. The monoisotopic (exact) mass is 686 g/mol. The number of hydrogen-bond acceptors (Lipinski definition) is 10. The van der Waals surface area contributed by atoms with E-state index in [-0.39, 0.29) is 30.6 Å². The number of esters is 2. The number of benzene rings is 4. The number of methoxy groups -OCH3 is 6. The van der Waals surface area contributed by atoms with Crippen molar-refractivity contribution in [1.82, 2.24) is 0 Å². The van der Waals surface area contributed by atoms with Gasteiger partial charge in [0, 0.05) is 5.92 Å². The minimum atomic E-state index is -0.500. The van der Waals surface area contributed by atoms with E-state index < -0.39 is 11.9 Å². The van der Waals surface area contributed by atoms with Crippen LogP contribution in [0.1, 0.15) is 44.7 Å². The van der Waals surface area contributed by atoms with Crippen molar-refractivity contribution in [2.24, 2.45) is 11.8 Å². The van der Waals surface area contributed by atoms with Crippen molar-refractivity contribution in [3.05, 3.63) is 107 Å². The molecule has 50 heavy (non-hydrogen) atoms. The lowest BCUT2D eigenvalue weighted by molar-refractivity contribution is 0.0361. The highest BCUT2D eigenvalue weighted by molar-refractivity contribution is 5.91. The summed E-state index contributed by atoms with van der Waals surface area (Å²) in [5.41, 5.74) is 2.88. The van der Waals surface area contributed by atoms with E-state index >= 15 is 0 Å². The van der Waals surface area contributed by atoms with Crippen LogP contribution in [0.3, 0.4) is 0 Å². The van der Waals surface area contributed by atoms with Crippen molar-refractivity contribution >= 4 is 11.9 Å². The Kier molecular flexibility index (Phi) is 14.2. The van der Waals surface area contributed by atoms with E-state index in [0.29, 0.717) is 52.9 Å². The summed E-state index contributed by atoms with van der Waals surface area (Å²) in [6, 6.07) is 26.7. The molecule has 0 bridgehead atoms. The lowest BCUT2D eigenvalue weighted by atomic mass is 9.80. The van der Waals surface area contributed by atoms with E-state index in [0.717, 1.165) is 18.4 Å². The molecule has 0 fully saturated rings. The molecule has 0 heterocycles. The van der Waals surface area contributed by atoms with E-state index in [2.05, 4.69) is 24.3 Å². The molecule has 0 spiro atoms. The van der Waals surface area contributed by atoms with Gasteiger partial charge in [-0.25, -0.2) is 9.59 Å². The molecule has 0 aromatic heterocycles. The van der Waals surface area contributed by atoms with Gasteiger partial charge in [0.1, 0.15) is 0 Å². The standard InChI is InChI=1S/C40H46O10/c1-43-33-22-30(23-34(44-2)37(33)47-5)39(41)49-19-13-18-29(20-27-14-9-7-10-15-27)32(21-28-16-11-8-12-17-28)26-50-40(42)31-24-35(45-3)38(48-6)36(25-31)46-4/h7-12,14-17,22-25,29,32H,13,18-21,26H2,1-6H3/t29-,32+/m0/s1. The number of rotatable bonds is 19. The van der Waals surface area contributed by atoms with Gasteiger partial charge in [0.15, 0.2) is 23.0 Å². The third-order valence-corrected chi connectivity index (χ3v) is 8.53. The van der Waals surface area contributed by atoms with Crippen LogP contribution >= 0.6 is 0 Å². The minimum Gasteiger partial charge on any atom is -0.493 e. The van der Waals surface area contributed by atoms with Crippen LogP contribution in [0.5, 0.6) is 34.5 Å². The van der Waals surface area contributed by atoms with Crippen LogP contribution in [-0.4, -0.2) is 67.8 Å². The number of carbonyl (C=O) groups excluding carboxylic acids is 2. The Morgan fingerprint density at radius 3 is 1.32 bits per heavy atom. The number of hydrogen-bond donors (Lipinski definition) is 0. The molecule has 0 aliphatic carbocycles. The summed E-state index contributed by atoms with van der Waals surface area (Å²) in [6.45, 7) is 0.372. The molecule has 0 N–H and O–H groups in total. The van der Waals surface area contributed by atoms with Gasteiger partial charge >= 0.3 is 11.9 Å². The van der Waals surface area contributed by atoms with E-state index in [1.165, 1.54) is 48.2 Å². The van der Waals surface area contributed by atoms with Crippen LogP contribution < -0.4 is 28.4 Å². The average Bonchev–Trinajstić information content (AvgIpc) is 3.16. The third-order valence-electron chi connectivity index (χ3n) is 8.53. The first-order chi connectivity index (χ1) is 24.3. The Morgan fingerprint density at radius 1 is 0.520 bits per heavy atom. The second-order valence-corrected chi connectivity index (χ2v) is 11.6. The predicted molar refractivity (Wildman–Crippen MR) is 189 cm³/mol. The predicted octanol–water partition coefficient (Wildman–Crippen LogP) is 7.25. The van der Waals surface area contributed by atoms with Crippen LogP contribution in [0, 0.1) is 11.8 Å². The zero-order chi connectivity index (χ0) is 35.9. The van der Waals surface area contributed by atoms with Crippen LogP contribution in [0.4, 0.5) is 0 Å². The third kappa shape index (κ3) is 9.84. The van der Waals surface area contributed by atoms with Gasteiger partial charge in [-0.15, -0.1) is 0 Å². The molecule has 4 rings (SSSR count). The van der Waals surface area contributed by atoms with Gasteiger partial charge in [-0.2, -0.15) is 0 Å². The molecule has 0 unspecified atom stereocenters. The second kappa shape index (κ2) is 19.0. The molecule has 2 atom stereocenters. The maximum Gasteiger partial charge on any atom is 0.338 e. The topological polar surface area (TPSA) is 108 Å². The SMILES string of the molecule is COc1cc(C(=O)OCCC[C@@H](Cc2ccccc2)[C@@H](COC(=O)c2cc(OC)c(OC)c(OC)c2)Cc2ccccc2)cc(OC)c1OC. The van der Waals surface area contributed by atoms with Crippen LogP contribution in [0.15, 0.2) is 84.9 Å². The molecule has 10 heteroatoms. The fraction of sp³-hybridized carbons (Fsp3) is 0.350. The maximum absolute atomic E-state index is 13.5. The minimum absolute atomic E-state index is 0.0468. The van der Waals surface area contributed by atoms with Gasteiger partial charge in [-0.1, -0.05) is 60.7 Å². The van der Waals surface area contributed by atoms with E-state index in [1.54, 1.807) is 24.3 Å². The van der Waals surface area contributed by atoms with Gasteiger partial charge < -0.3 is 37.9 Å². The van der Waals surface area contributed by atoms with E-state index in [4.69, 9.17) is 37.9 Å². The highest BCUT2D eigenvalue weighted by atomic mass is 16.5. The zero-order valence-corrected chi connectivity index (χ0v) is 29.6. The van der Waals surface area contributed by atoms with Gasteiger partial charge in [-0.05, 0) is 67.0 Å². The first kappa shape index (κ1) is 37.4. The first-order valence-electron chi connectivity index (χ1n) is 16.4. The Labute approximate surface area is 294 Å². The molecule has 0 radical (unpaired) electrons. The summed E-state index contributed by atoms with van der Waals surface area (Å²) in [5.74, 6) is 1.29.